The highest BCUT2D eigenvalue weighted by molar-refractivity contribution is 5.89. The van der Waals surface area contributed by atoms with Gasteiger partial charge in [0.25, 0.3) is 0 Å². The summed E-state index contributed by atoms with van der Waals surface area (Å²) in [5.41, 5.74) is 1.51. The van der Waals surface area contributed by atoms with Gasteiger partial charge in [0.15, 0.2) is 0 Å². The lowest BCUT2D eigenvalue weighted by Crippen LogP contribution is -2.38. The molecule has 2 rings (SSSR count). The molecule has 100 valence electrons. The molecule has 2 aromatic rings. The van der Waals surface area contributed by atoms with Crippen LogP contribution in [0, 0.1) is 0 Å². The van der Waals surface area contributed by atoms with Crippen LogP contribution in [0.15, 0.2) is 42.7 Å². The van der Waals surface area contributed by atoms with E-state index in [1.807, 2.05) is 30.3 Å². The second kappa shape index (κ2) is 6.01. The van der Waals surface area contributed by atoms with Gasteiger partial charge in [-0.3, -0.25) is 0 Å². The lowest BCUT2D eigenvalue weighted by atomic mass is 10.3. The van der Waals surface area contributed by atoms with Gasteiger partial charge in [-0.25, -0.2) is 9.48 Å². The summed E-state index contributed by atoms with van der Waals surface area (Å²) in [7, 11) is 0. The van der Waals surface area contributed by atoms with Crippen molar-refractivity contribution < 1.29 is 9.90 Å². The first-order chi connectivity index (χ1) is 9.19. The molecule has 0 aliphatic rings. The van der Waals surface area contributed by atoms with Gasteiger partial charge in [-0.15, -0.1) is 0 Å². The minimum atomic E-state index is -0.367. The Morgan fingerprint density at radius 3 is 2.84 bits per heavy atom. The summed E-state index contributed by atoms with van der Waals surface area (Å²) in [6.07, 6.45) is 3.29. The predicted molar refractivity (Wildman–Crippen MR) is 72.3 cm³/mol. The Labute approximate surface area is 111 Å². The van der Waals surface area contributed by atoms with E-state index in [1.54, 1.807) is 24.0 Å². The maximum Gasteiger partial charge on any atom is 0.319 e. The number of para-hydroxylation sites is 1. The number of aromatic nitrogens is 2. The molecule has 0 saturated heterocycles. The highest BCUT2D eigenvalue weighted by Crippen LogP contribution is 2.10. The van der Waals surface area contributed by atoms with Gasteiger partial charge >= 0.3 is 6.03 Å². The summed E-state index contributed by atoms with van der Waals surface area (Å²) in [6.45, 7) is 1.61. The molecule has 0 aliphatic heterocycles. The van der Waals surface area contributed by atoms with Crippen LogP contribution in [0.4, 0.5) is 10.5 Å². The van der Waals surface area contributed by atoms with Gasteiger partial charge in [-0.05, 0) is 19.1 Å². The molecular weight excluding hydrogens is 244 g/mol. The summed E-state index contributed by atoms with van der Waals surface area (Å²) < 4.78 is 1.67. The third-order valence-corrected chi connectivity index (χ3v) is 2.51. The van der Waals surface area contributed by atoms with Crippen molar-refractivity contribution in [1.29, 1.82) is 0 Å². The van der Waals surface area contributed by atoms with Crippen LogP contribution in [0.5, 0.6) is 0 Å². The number of carbonyl (C=O) groups is 1. The molecule has 0 spiro atoms. The van der Waals surface area contributed by atoms with Crippen LogP contribution < -0.4 is 10.6 Å². The van der Waals surface area contributed by atoms with Gasteiger partial charge in [0.05, 0.1) is 36.4 Å². The number of nitrogens with one attached hydrogen (secondary N) is 2. The summed E-state index contributed by atoms with van der Waals surface area (Å²) >= 11 is 0. The zero-order valence-corrected chi connectivity index (χ0v) is 10.6. The maximum atomic E-state index is 11.6. The van der Waals surface area contributed by atoms with Crippen LogP contribution in [-0.2, 0) is 0 Å². The van der Waals surface area contributed by atoms with E-state index >= 15 is 0 Å². The van der Waals surface area contributed by atoms with Gasteiger partial charge in [0, 0.05) is 0 Å². The Kier molecular flexibility index (Phi) is 4.15. The highest BCUT2D eigenvalue weighted by atomic mass is 16.3. The molecule has 19 heavy (non-hydrogen) atoms. The van der Waals surface area contributed by atoms with E-state index in [0.29, 0.717) is 5.69 Å². The summed E-state index contributed by atoms with van der Waals surface area (Å²) in [5.74, 6) is 0. The molecule has 1 heterocycles. The number of aliphatic hydroxyl groups excluding tert-OH is 1. The molecule has 2 amide bonds. The first-order valence-electron chi connectivity index (χ1n) is 5.97. The number of urea groups is 1. The number of aliphatic hydroxyl groups is 1. The van der Waals surface area contributed by atoms with Crippen molar-refractivity contribution in [1.82, 2.24) is 15.1 Å². The zero-order valence-electron chi connectivity index (χ0n) is 10.6. The number of rotatable bonds is 4. The van der Waals surface area contributed by atoms with E-state index in [1.165, 1.54) is 0 Å². The Morgan fingerprint density at radius 1 is 1.42 bits per heavy atom. The smallest absolute Gasteiger partial charge is 0.319 e. The average molecular weight is 260 g/mol. The molecule has 1 aromatic heterocycles. The number of anilines is 1. The number of hydrogen-bond donors (Lipinski definition) is 3. The van der Waals surface area contributed by atoms with Crippen molar-refractivity contribution in [3.05, 3.63) is 42.7 Å². The van der Waals surface area contributed by atoms with E-state index < -0.39 is 0 Å². The Hall–Kier alpha value is -2.34. The molecule has 0 bridgehead atoms. The van der Waals surface area contributed by atoms with Crippen LogP contribution in [0.3, 0.4) is 0 Å². The second-order valence-electron chi connectivity index (χ2n) is 4.19. The Balaban J connectivity index is 2.00. The van der Waals surface area contributed by atoms with Crippen molar-refractivity contribution in [2.45, 2.75) is 13.0 Å². The SMILES string of the molecule is CC(CO)NC(=O)Nc1cnn(-c2ccccc2)c1. The summed E-state index contributed by atoms with van der Waals surface area (Å²) in [5, 5.41) is 18.2. The fraction of sp³-hybridized carbons (Fsp3) is 0.231. The standard InChI is InChI=1S/C13H16N4O2/c1-10(9-18)15-13(19)16-11-7-14-17(8-11)12-5-3-2-4-6-12/h2-8,10,18H,9H2,1H3,(H2,15,16,19). The number of amides is 2. The monoisotopic (exact) mass is 260 g/mol. The Morgan fingerprint density at radius 2 is 2.16 bits per heavy atom. The van der Waals surface area contributed by atoms with Crippen molar-refractivity contribution >= 4 is 11.7 Å². The van der Waals surface area contributed by atoms with E-state index in [-0.39, 0.29) is 18.7 Å². The topological polar surface area (TPSA) is 79.2 Å². The van der Waals surface area contributed by atoms with Crippen molar-refractivity contribution in [2.75, 3.05) is 11.9 Å². The van der Waals surface area contributed by atoms with Crippen LogP contribution in [-0.4, -0.2) is 33.6 Å². The van der Waals surface area contributed by atoms with Crippen molar-refractivity contribution in [3.63, 3.8) is 0 Å². The first-order valence-corrected chi connectivity index (χ1v) is 5.97. The molecular formula is C13H16N4O2. The molecule has 0 fully saturated rings. The molecule has 6 heteroatoms. The largest absolute Gasteiger partial charge is 0.394 e. The average Bonchev–Trinajstić information content (AvgIpc) is 2.88. The zero-order chi connectivity index (χ0) is 13.7. The third-order valence-electron chi connectivity index (χ3n) is 2.51. The highest BCUT2D eigenvalue weighted by Gasteiger charge is 2.07. The van der Waals surface area contributed by atoms with Crippen molar-refractivity contribution in [2.24, 2.45) is 0 Å². The number of carbonyl (C=O) groups excluding carboxylic acids is 1. The Bertz CT molecular complexity index is 539. The summed E-state index contributed by atoms with van der Waals surface area (Å²) in [6, 6.07) is 8.95. The fourth-order valence-corrected chi connectivity index (χ4v) is 1.55. The van der Waals surface area contributed by atoms with Gasteiger partial charge in [-0.2, -0.15) is 5.10 Å². The van der Waals surface area contributed by atoms with Gasteiger partial charge in [-0.1, -0.05) is 18.2 Å². The summed E-state index contributed by atoms with van der Waals surface area (Å²) in [4.78, 5) is 11.6. The van der Waals surface area contributed by atoms with Crippen LogP contribution in [0.2, 0.25) is 0 Å². The molecule has 0 radical (unpaired) electrons. The predicted octanol–water partition coefficient (Wildman–Crippen LogP) is 1.37. The van der Waals surface area contributed by atoms with Crippen molar-refractivity contribution in [3.8, 4) is 5.69 Å². The van der Waals surface area contributed by atoms with E-state index in [0.717, 1.165) is 5.69 Å². The van der Waals surface area contributed by atoms with Gasteiger partial charge in [0.2, 0.25) is 0 Å². The van der Waals surface area contributed by atoms with E-state index in [9.17, 15) is 4.79 Å². The first kappa shape index (κ1) is 13.1. The van der Waals surface area contributed by atoms with Crippen LogP contribution >= 0.6 is 0 Å². The molecule has 6 nitrogen and oxygen atoms in total. The molecule has 1 unspecified atom stereocenters. The fourth-order valence-electron chi connectivity index (χ4n) is 1.55. The van der Waals surface area contributed by atoms with Gasteiger partial charge < -0.3 is 15.7 Å². The lowest BCUT2D eigenvalue weighted by Gasteiger charge is -2.10. The molecule has 3 N–H and O–H groups in total. The number of hydrogen-bond acceptors (Lipinski definition) is 3. The molecule has 0 saturated carbocycles. The number of benzene rings is 1. The molecule has 0 aliphatic carbocycles. The number of nitrogens with zero attached hydrogens (tertiary/aromatic N) is 2. The van der Waals surface area contributed by atoms with Crippen LogP contribution in [0.25, 0.3) is 5.69 Å². The third kappa shape index (κ3) is 3.56. The van der Waals surface area contributed by atoms with Crippen LogP contribution in [0.1, 0.15) is 6.92 Å². The minimum absolute atomic E-state index is 0.100. The maximum absolute atomic E-state index is 11.6. The normalized spacial score (nSPS) is 11.9. The molecule has 1 atom stereocenters. The minimum Gasteiger partial charge on any atom is -0.394 e. The van der Waals surface area contributed by atoms with Gasteiger partial charge in [0.1, 0.15) is 0 Å². The lowest BCUT2D eigenvalue weighted by molar-refractivity contribution is 0.229. The van der Waals surface area contributed by atoms with E-state index in [2.05, 4.69) is 15.7 Å². The molecule has 1 aromatic carbocycles. The second-order valence-corrected chi connectivity index (χ2v) is 4.19. The van der Waals surface area contributed by atoms with E-state index in [4.69, 9.17) is 5.11 Å². The quantitative estimate of drug-likeness (QED) is 0.777.